The third-order valence-corrected chi connectivity index (χ3v) is 5.19. The maximum absolute atomic E-state index is 12.6. The summed E-state index contributed by atoms with van der Waals surface area (Å²) in [5.41, 5.74) is 1.78. The Morgan fingerprint density at radius 3 is 2.50 bits per heavy atom. The predicted octanol–water partition coefficient (Wildman–Crippen LogP) is 3.40. The van der Waals surface area contributed by atoms with Crippen molar-refractivity contribution in [2.45, 2.75) is 19.8 Å². The second-order valence-electron chi connectivity index (χ2n) is 7.64. The molecular weight excluding hydrogens is 436 g/mol. The minimum Gasteiger partial charge on any atom is -0.493 e. The number of nitrogens with zero attached hydrogens (tertiary/aromatic N) is 2. The molecule has 0 aromatic heterocycles. The lowest BCUT2D eigenvalue weighted by Gasteiger charge is -2.26. The van der Waals surface area contributed by atoms with Crippen molar-refractivity contribution in [2.75, 3.05) is 40.0 Å². The van der Waals surface area contributed by atoms with Crippen LogP contribution >= 0.6 is 0 Å². The molecule has 8 heteroatoms. The molecule has 1 aliphatic heterocycles. The quantitative estimate of drug-likeness (QED) is 0.243. The molecule has 0 unspecified atom stereocenters. The lowest BCUT2D eigenvalue weighted by atomic mass is 10.1. The Bertz CT molecular complexity index is 1070. The highest BCUT2D eigenvalue weighted by atomic mass is 16.6. The molecule has 2 aromatic carbocycles. The average molecular weight is 465 g/mol. The number of hydrogen-bond donors (Lipinski definition) is 0. The second kappa shape index (κ2) is 12.4. The van der Waals surface area contributed by atoms with Crippen LogP contribution in [-0.2, 0) is 20.7 Å². The first-order chi connectivity index (χ1) is 16.5. The number of carbonyl (C=O) groups excluding carboxylic acids is 2. The third-order valence-electron chi connectivity index (χ3n) is 5.19. The summed E-state index contributed by atoms with van der Waals surface area (Å²) < 4.78 is 21.5. The fraction of sp³-hybridized carbons (Fsp3) is 0.346. The Hall–Kier alpha value is -3.83. The van der Waals surface area contributed by atoms with Crippen LogP contribution in [0.1, 0.15) is 24.5 Å². The summed E-state index contributed by atoms with van der Waals surface area (Å²) in [5, 5.41) is 9.47. The number of aryl methyl sites for hydroxylation is 1. The van der Waals surface area contributed by atoms with E-state index in [0.29, 0.717) is 43.4 Å². The predicted molar refractivity (Wildman–Crippen MR) is 126 cm³/mol. The van der Waals surface area contributed by atoms with Crippen molar-refractivity contribution in [1.82, 2.24) is 4.90 Å². The Morgan fingerprint density at radius 2 is 1.85 bits per heavy atom. The molecule has 0 N–H and O–H groups in total. The molecule has 8 nitrogen and oxygen atoms in total. The van der Waals surface area contributed by atoms with Crippen molar-refractivity contribution >= 4 is 18.0 Å². The van der Waals surface area contributed by atoms with Crippen LogP contribution in [0, 0.1) is 11.3 Å². The summed E-state index contributed by atoms with van der Waals surface area (Å²) in [6.45, 7) is 3.65. The standard InChI is InChI=1S/C26H28N2O6/c1-3-4-19-5-8-22(9-6-19)33-18-25(29)34-23-10-7-20(16-24(23)31-2)15-21(17-27)26(30)28-11-13-32-14-12-28/h5-10,15-16H,3-4,11-14,18H2,1-2H3/b21-15+. The van der Waals surface area contributed by atoms with E-state index in [1.54, 1.807) is 23.1 Å². The van der Waals surface area contributed by atoms with Crippen LogP contribution in [0.25, 0.3) is 6.08 Å². The molecule has 0 bridgehead atoms. The Morgan fingerprint density at radius 1 is 1.12 bits per heavy atom. The van der Waals surface area contributed by atoms with Gasteiger partial charge < -0.3 is 23.8 Å². The summed E-state index contributed by atoms with van der Waals surface area (Å²) in [6, 6.07) is 14.3. The van der Waals surface area contributed by atoms with Crippen LogP contribution in [-0.4, -0.2) is 56.8 Å². The third kappa shape index (κ3) is 6.83. The molecule has 0 radical (unpaired) electrons. The Balaban J connectivity index is 1.63. The van der Waals surface area contributed by atoms with Gasteiger partial charge in [-0.3, -0.25) is 4.79 Å². The monoisotopic (exact) mass is 464 g/mol. The molecule has 0 saturated carbocycles. The number of ether oxygens (including phenoxy) is 4. The number of morpholine rings is 1. The number of nitriles is 1. The van der Waals surface area contributed by atoms with Gasteiger partial charge in [-0.2, -0.15) is 5.26 Å². The van der Waals surface area contributed by atoms with E-state index in [1.807, 2.05) is 30.3 Å². The zero-order chi connectivity index (χ0) is 24.3. The van der Waals surface area contributed by atoms with Gasteiger partial charge in [0.25, 0.3) is 5.91 Å². The SMILES string of the molecule is CCCc1ccc(OCC(=O)Oc2ccc(/C=C(\C#N)C(=O)N3CCOCC3)cc2OC)cc1. The fourth-order valence-corrected chi connectivity index (χ4v) is 3.44. The summed E-state index contributed by atoms with van der Waals surface area (Å²) in [6.07, 6.45) is 3.53. The van der Waals surface area contributed by atoms with E-state index in [-0.39, 0.29) is 23.8 Å². The van der Waals surface area contributed by atoms with Gasteiger partial charge in [-0.05, 0) is 47.9 Å². The highest BCUT2D eigenvalue weighted by Gasteiger charge is 2.21. The van der Waals surface area contributed by atoms with E-state index in [4.69, 9.17) is 18.9 Å². The highest BCUT2D eigenvalue weighted by Crippen LogP contribution is 2.29. The smallest absolute Gasteiger partial charge is 0.349 e. The fourth-order valence-electron chi connectivity index (χ4n) is 3.44. The molecule has 1 fully saturated rings. The summed E-state index contributed by atoms with van der Waals surface area (Å²) in [7, 11) is 1.44. The van der Waals surface area contributed by atoms with Crippen molar-refractivity contribution in [1.29, 1.82) is 5.26 Å². The molecule has 34 heavy (non-hydrogen) atoms. The molecule has 0 aliphatic carbocycles. The van der Waals surface area contributed by atoms with Crippen molar-refractivity contribution in [2.24, 2.45) is 0 Å². The van der Waals surface area contributed by atoms with Gasteiger partial charge in [0.05, 0.1) is 20.3 Å². The van der Waals surface area contributed by atoms with E-state index >= 15 is 0 Å². The molecule has 1 heterocycles. The van der Waals surface area contributed by atoms with E-state index in [2.05, 4.69) is 6.92 Å². The van der Waals surface area contributed by atoms with Gasteiger partial charge in [-0.1, -0.05) is 31.5 Å². The normalized spacial score (nSPS) is 13.7. The molecule has 1 saturated heterocycles. The van der Waals surface area contributed by atoms with E-state index < -0.39 is 5.97 Å². The largest absolute Gasteiger partial charge is 0.493 e. The Labute approximate surface area is 199 Å². The molecule has 2 aromatic rings. The molecular formula is C26H28N2O6. The highest BCUT2D eigenvalue weighted by molar-refractivity contribution is 6.01. The molecule has 0 spiro atoms. The number of benzene rings is 2. The average Bonchev–Trinajstić information content (AvgIpc) is 2.88. The van der Waals surface area contributed by atoms with Gasteiger partial charge >= 0.3 is 5.97 Å². The van der Waals surface area contributed by atoms with E-state index in [0.717, 1.165) is 12.8 Å². The van der Waals surface area contributed by atoms with Crippen LogP contribution in [0.4, 0.5) is 0 Å². The number of carbonyl (C=O) groups is 2. The summed E-state index contributed by atoms with van der Waals surface area (Å²) in [4.78, 5) is 26.5. The van der Waals surface area contributed by atoms with Crippen LogP contribution in [0.2, 0.25) is 0 Å². The minimum absolute atomic E-state index is 0.00653. The topological polar surface area (TPSA) is 98.1 Å². The van der Waals surface area contributed by atoms with Crippen LogP contribution in [0.3, 0.4) is 0 Å². The number of methoxy groups -OCH3 is 1. The van der Waals surface area contributed by atoms with Gasteiger partial charge in [0, 0.05) is 13.1 Å². The molecule has 1 amide bonds. The number of amides is 1. The van der Waals surface area contributed by atoms with Crippen molar-refractivity contribution in [3.05, 3.63) is 59.2 Å². The van der Waals surface area contributed by atoms with Crippen LogP contribution in [0.5, 0.6) is 17.2 Å². The summed E-state index contributed by atoms with van der Waals surface area (Å²) >= 11 is 0. The second-order valence-corrected chi connectivity index (χ2v) is 7.64. The zero-order valence-electron chi connectivity index (χ0n) is 19.4. The lowest BCUT2D eigenvalue weighted by Crippen LogP contribution is -2.41. The van der Waals surface area contributed by atoms with Gasteiger partial charge in [0.1, 0.15) is 17.4 Å². The van der Waals surface area contributed by atoms with E-state index in [1.165, 1.54) is 18.7 Å². The van der Waals surface area contributed by atoms with Crippen molar-refractivity contribution in [3.63, 3.8) is 0 Å². The summed E-state index contributed by atoms with van der Waals surface area (Å²) in [5.74, 6) is 0.157. The zero-order valence-corrected chi connectivity index (χ0v) is 19.4. The first-order valence-electron chi connectivity index (χ1n) is 11.1. The first-order valence-corrected chi connectivity index (χ1v) is 11.1. The number of rotatable bonds is 9. The molecule has 0 atom stereocenters. The number of hydrogen-bond acceptors (Lipinski definition) is 7. The molecule has 178 valence electrons. The first kappa shape index (κ1) is 24.8. The minimum atomic E-state index is -0.584. The number of esters is 1. The maximum Gasteiger partial charge on any atom is 0.349 e. The lowest BCUT2D eigenvalue weighted by molar-refractivity contribution is -0.136. The van der Waals surface area contributed by atoms with Gasteiger partial charge in [-0.15, -0.1) is 0 Å². The van der Waals surface area contributed by atoms with Crippen LogP contribution < -0.4 is 14.2 Å². The van der Waals surface area contributed by atoms with Gasteiger partial charge in [0.15, 0.2) is 18.1 Å². The maximum atomic E-state index is 12.6. The van der Waals surface area contributed by atoms with Gasteiger partial charge in [0.2, 0.25) is 0 Å². The van der Waals surface area contributed by atoms with Crippen molar-refractivity contribution in [3.8, 4) is 23.3 Å². The van der Waals surface area contributed by atoms with Gasteiger partial charge in [-0.25, -0.2) is 4.79 Å². The molecule has 3 rings (SSSR count). The van der Waals surface area contributed by atoms with Crippen LogP contribution in [0.15, 0.2) is 48.0 Å². The van der Waals surface area contributed by atoms with E-state index in [9.17, 15) is 14.9 Å². The van der Waals surface area contributed by atoms with Crippen molar-refractivity contribution < 1.29 is 28.5 Å². The Kier molecular flexibility index (Phi) is 9.06. The molecule has 1 aliphatic rings.